The Kier molecular flexibility index (Phi) is 7.24. The number of carbonyl (C=O) groups is 2. The van der Waals surface area contributed by atoms with Crippen LogP contribution in [0.25, 0.3) is 11.1 Å². The van der Waals surface area contributed by atoms with Crippen molar-refractivity contribution in [2.45, 2.75) is 44.7 Å². The van der Waals surface area contributed by atoms with Gasteiger partial charge in [0.05, 0.1) is 12.8 Å². The van der Waals surface area contributed by atoms with E-state index in [1.54, 1.807) is 12.0 Å². The highest BCUT2D eigenvalue weighted by atomic mass is 16.5. The molecule has 0 radical (unpaired) electrons. The molecule has 0 saturated carbocycles. The minimum atomic E-state index is -0.775. The lowest BCUT2D eigenvalue weighted by Gasteiger charge is -2.41. The zero-order chi connectivity index (χ0) is 27.7. The molecular formula is C33H38N4O3. The average molecular weight is 539 g/mol. The van der Waals surface area contributed by atoms with Gasteiger partial charge in [-0.25, -0.2) is 9.69 Å². The number of hydrogen-bond acceptors (Lipinski definition) is 5. The van der Waals surface area contributed by atoms with E-state index >= 15 is 0 Å². The Balaban J connectivity index is 1.15. The smallest absolute Gasteiger partial charge is 0.332 e. The van der Waals surface area contributed by atoms with E-state index < -0.39 is 5.54 Å². The predicted octanol–water partition coefficient (Wildman–Crippen LogP) is 5.79. The number of urea groups is 1. The molecule has 0 unspecified atom stereocenters. The van der Waals surface area contributed by atoms with Crippen molar-refractivity contribution < 1.29 is 14.3 Å². The second-order valence-electron chi connectivity index (χ2n) is 11.1. The summed E-state index contributed by atoms with van der Waals surface area (Å²) in [5, 5.41) is 0. The molecule has 3 aromatic rings. The zero-order valence-electron chi connectivity index (χ0n) is 23.5. The van der Waals surface area contributed by atoms with Gasteiger partial charge in [-0.1, -0.05) is 42.5 Å². The molecule has 7 heteroatoms. The second-order valence-corrected chi connectivity index (χ2v) is 11.1. The van der Waals surface area contributed by atoms with Crippen molar-refractivity contribution in [3.63, 3.8) is 0 Å². The summed E-state index contributed by atoms with van der Waals surface area (Å²) in [6.45, 7) is 7.20. The maximum atomic E-state index is 14.0. The summed E-state index contributed by atoms with van der Waals surface area (Å²) < 4.78 is 5.51. The van der Waals surface area contributed by atoms with Gasteiger partial charge in [-0.3, -0.25) is 9.69 Å². The van der Waals surface area contributed by atoms with Crippen molar-refractivity contribution in [3.05, 3.63) is 78.4 Å². The number of benzene rings is 3. The minimum Gasteiger partial charge on any atom is -0.496 e. The number of likely N-dealkylation sites (tertiary alicyclic amines) is 1. The Bertz CT molecular complexity index is 1360. The Morgan fingerprint density at radius 3 is 2.10 bits per heavy atom. The van der Waals surface area contributed by atoms with E-state index in [4.69, 9.17) is 4.74 Å². The molecule has 40 heavy (non-hydrogen) atoms. The molecule has 6 rings (SSSR count). The lowest BCUT2D eigenvalue weighted by Crippen LogP contribution is -2.56. The van der Waals surface area contributed by atoms with E-state index in [1.807, 2.05) is 55.5 Å². The van der Waals surface area contributed by atoms with Gasteiger partial charge >= 0.3 is 6.03 Å². The summed E-state index contributed by atoms with van der Waals surface area (Å²) in [6, 6.07) is 24.2. The Labute approximate surface area is 236 Å². The molecule has 3 aliphatic rings. The van der Waals surface area contributed by atoms with Gasteiger partial charge in [0.2, 0.25) is 0 Å². The molecule has 7 nitrogen and oxygen atoms in total. The predicted molar refractivity (Wildman–Crippen MR) is 159 cm³/mol. The number of carbonyl (C=O) groups excluding carboxylic acids is 2. The number of rotatable bonds is 7. The van der Waals surface area contributed by atoms with E-state index in [0.717, 1.165) is 49.6 Å². The SMILES string of the molecule is CCN1C(=O)N(c2ccc(-c3ccccc3OC)cc2)C(=O)C12CCN(Cc1ccc(N3CCCC3)cc1)CC2. The first kappa shape index (κ1) is 26.4. The molecule has 0 atom stereocenters. The fraction of sp³-hybridized carbons (Fsp3) is 0.394. The zero-order valence-corrected chi connectivity index (χ0v) is 23.5. The van der Waals surface area contributed by atoms with Gasteiger partial charge in [0.25, 0.3) is 5.91 Å². The highest BCUT2D eigenvalue weighted by Crippen LogP contribution is 2.40. The molecule has 3 aromatic carbocycles. The first-order valence-electron chi connectivity index (χ1n) is 14.5. The highest BCUT2D eigenvalue weighted by Gasteiger charge is 2.57. The van der Waals surface area contributed by atoms with Crippen LogP contribution in [0, 0.1) is 0 Å². The van der Waals surface area contributed by atoms with E-state index in [2.05, 4.69) is 34.1 Å². The van der Waals surface area contributed by atoms with Crippen molar-refractivity contribution in [1.82, 2.24) is 9.80 Å². The monoisotopic (exact) mass is 538 g/mol. The molecule has 3 aliphatic heterocycles. The largest absolute Gasteiger partial charge is 0.496 e. The number of likely N-dealkylation sites (N-methyl/N-ethyl adjacent to an activating group) is 1. The van der Waals surface area contributed by atoms with Crippen LogP contribution in [0.1, 0.15) is 38.2 Å². The number of ether oxygens (including phenoxy) is 1. The van der Waals surface area contributed by atoms with Crippen LogP contribution in [-0.2, 0) is 11.3 Å². The Hall–Kier alpha value is -3.84. The average Bonchev–Trinajstić information content (AvgIpc) is 3.60. The summed E-state index contributed by atoms with van der Waals surface area (Å²) in [6.07, 6.45) is 3.85. The first-order chi connectivity index (χ1) is 19.5. The standard InChI is InChI=1S/C33H38N4O3/c1-3-36-32(39)37(28-16-12-26(13-17-28)29-8-4-5-9-30(29)40-2)31(38)33(36)18-22-34(23-19-33)24-25-10-14-27(15-11-25)35-20-6-7-21-35/h4-5,8-17H,3,6-7,18-24H2,1-2H3. The molecule has 3 saturated heterocycles. The summed E-state index contributed by atoms with van der Waals surface area (Å²) in [5.41, 5.74) is 4.39. The van der Waals surface area contributed by atoms with Crippen LogP contribution < -0.4 is 14.5 Å². The maximum Gasteiger partial charge on any atom is 0.332 e. The second kappa shape index (κ2) is 11.0. The molecule has 208 valence electrons. The number of piperidine rings is 1. The third-order valence-corrected chi connectivity index (χ3v) is 8.90. The van der Waals surface area contributed by atoms with E-state index in [1.165, 1.54) is 29.0 Å². The van der Waals surface area contributed by atoms with Crippen LogP contribution in [-0.4, -0.2) is 67.1 Å². The lowest BCUT2D eigenvalue weighted by atomic mass is 9.85. The molecule has 1 spiro atoms. The van der Waals surface area contributed by atoms with Gasteiger partial charge in [-0.2, -0.15) is 0 Å². The molecule has 3 fully saturated rings. The number of methoxy groups -OCH3 is 1. The molecule has 0 N–H and O–H groups in total. The Morgan fingerprint density at radius 2 is 1.45 bits per heavy atom. The van der Waals surface area contributed by atoms with E-state index in [-0.39, 0.29) is 11.9 Å². The van der Waals surface area contributed by atoms with Crippen LogP contribution in [0.3, 0.4) is 0 Å². The van der Waals surface area contributed by atoms with Crippen LogP contribution in [0.5, 0.6) is 5.75 Å². The summed E-state index contributed by atoms with van der Waals surface area (Å²) >= 11 is 0. The molecular weight excluding hydrogens is 500 g/mol. The van der Waals surface area contributed by atoms with Crippen molar-refractivity contribution in [1.29, 1.82) is 0 Å². The van der Waals surface area contributed by atoms with Crippen LogP contribution >= 0.6 is 0 Å². The first-order valence-corrected chi connectivity index (χ1v) is 14.5. The number of hydrogen-bond donors (Lipinski definition) is 0. The summed E-state index contributed by atoms with van der Waals surface area (Å²) in [4.78, 5) is 35.6. The van der Waals surface area contributed by atoms with Crippen molar-refractivity contribution in [2.24, 2.45) is 0 Å². The number of imide groups is 1. The molecule has 0 bridgehead atoms. The van der Waals surface area contributed by atoms with Crippen molar-refractivity contribution in [3.8, 4) is 16.9 Å². The quantitative estimate of drug-likeness (QED) is 0.357. The Morgan fingerprint density at radius 1 is 0.800 bits per heavy atom. The number of nitrogens with zero attached hydrogens (tertiary/aromatic N) is 4. The van der Waals surface area contributed by atoms with E-state index in [9.17, 15) is 9.59 Å². The minimum absolute atomic E-state index is 0.0981. The van der Waals surface area contributed by atoms with Gasteiger partial charge < -0.3 is 14.5 Å². The topological polar surface area (TPSA) is 56.3 Å². The number of anilines is 2. The van der Waals surface area contributed by atoms with E-state index in [0.29, 0.717) is 25.1 Å². The molecule has 3 amide bonds. The number of amides is 3. The highest BCUT2D eigenvalue weighted by molar-refractivity contribution is 6.23. The van der Waals surface area contributed by atoms with Gasteiger partial charge in [0, 0.05) is 50.5 Å². The maximum absolute atomic E-state index is 14.0. The molecule has 0 aliphatic carbocycles. The van der Waals surface area contributed by atoms with Gasteiger partial charge in [-0.05, 0) is 74.1 Å². The van der Waals surface area contributed by atoms with Crippen molar-refractivity contribution in [2.75, 3.05) is 49.6 Å². The normalized spacial score (nSPS) is 19.2. The van der Waals surface area contributed by atoms with Gasteiger partial charge in [0.1, 0.15) is 11.3 Å². The van der Waals surface area contributed by atoms with Crippen LogP contribution in [0.15, 0.2) is 72.8 Å². The molecule has 0 aromatic heterocycles. The lowest BCUT2D eigenvalue weighted by molar-refractivity contribution is -0.127. The van der Waals surface area contributed by atoms with Gasteiger partial charge in [0.15, 0.2) is 0 Å². The summed E-state index contributed by atoms with van der Waals surface area (Å²) in [7, 11) is 1.66. The van der Waals surface area contributed by atoms with Crippen LogP contribution in [0.2, 0.25) is 0 Å². The van der Waals surface area contributed by atoms with Crippen molar-refractivity contribution >= 4 is 23.3 Å². The summed E-state index contributed by atoms with van der Waals surface area (Å²) in [5.74, 6) is 0.688. The van der Waals surface area contributed by atoms with Gasteiger partial charge in [-0.15, -0.1) is 0 Å². The fourth-order valence-electron chi connectivity index (χ4n) is 6.66. The number of para-hydroxylation sites is 1. The third-order valence-electron chi connectivity index (χ3n) is 8.90. The van der Waals surface area contributed by atoms with Crippen LogP contribution in [0.4, 0.5) is 16.2 Å². The fourth-order valence-corrected chi connectivity index (χ4v) is 6.66. The molecule has 3 heterocycles. The third kappa shape index (κ3) is 4.62.